The molecule has 0 atom stereocenters. The van der Waals surface area contributed by atoms with E-state index >= 15 is 0 Å². The molecule has 1 aliphatic rings. The van der Waals surface area contributed by atoms with Gasteiger partial charge >= 0.3 is 0 Å². The quantitative estimate of drug-likeness (QED) is 0.921. The van der Waals surface area contributed by atoms with E-state index in [1.54, 1.807) is 11.0 Å². The van der Waals surface area contributed by atoms with E-state index in [1.807, 2.05) is 30.3 Å². The van der Waals surface area contributed by atoms with E-state index in [0.29, 0.717) is 18.7 Å². The Morgan fingerprint density at radius 2 is 1.87 bits per heavy atom. The van der Waals surface area contributed by atoms with Gasteiger partial charge in [-0.15, -0.1) is 0 Å². The first-order valence-electron chi connectivity index (χ1n) is 7.99. The summed E-state index contributed by atoms with van der Waals surface area (Å²) in [5, 5.41) is 18.2. The number of rotatable bonds is 5. The Kier molecular flexibility index (Phi) is 4.67. The van der Waals surface area contributed by atoms with E-state index in [-0.39, 0.29) is 5.91 Å². The highest BCUT2D eigenvalue weighted by atomic mass is 16.3. The molecule has 0 spiro atoms. The maximum atomic E-state index is 12.8. The predicted molar refractivity (Wildman–Crippen MR) is 86.6 cm³/mol. The fourth-order valence-electron chi connectivity index (χ4n) is 3.15. The SMILES string of the molecule is O=C(c1ccnnc1)N(Cc1ccccc1)CC1(O)CCCC1. The highest BCUT2D eigenvalue weighted by molar-refractivity contribution is 5.93. The molecule has 0 unspecified atom stereocenters. The van der Waals surface area contributed by atoms with Crippen molar-refractivity contribution in [3.05, 3.63) is 59.9 Å². The normalized spacial score (nSPS) is 16.2. The average molecular weight is 311 g/mol. The second-order valence-corrected chi connectivity index (χ2v) is 6.21. The molecule has 2 aromatic rings. The lowest BCUT2D eigenvalue weighted by molar-refractivity contribution is 0.00783. The monoisotopic (exact) mass is 311 g/mol. The van der Waals surface area contributed by atoms with E-state index in [0.717, 1.165) is 31.2 Å². The van der Waals surface area contributed by atoms with Crippen LogP contribution in [0.15, 0.2) is 48.8 Å². The summed E-state index contributed by atoms with van der Waals surface area (Å²) >= 11 is 0. The van der Waals surface area contributed by atoms with Gasteiger partial charge in [0.25, 0.3) is 5.91 Å². The van der Waals surface area contributed by atoms with Crippen molar-refractivity contribution in [2.24, 2.45) is 0 Å². The topological polar surface area (TPSA) is 66.3 Å². The van der Waals surface area contributed by atoms with Crippen LogP contribution in [0.5, 0.6) is 0 Å². The number of hydrogen-bond acceptors (Lipinski definition) is 4. The average Bonchev–Trinajstić information content (AvgIpc) is 3.02. The van der Waals surface area contributed by atoms with Crippen molar-refractivity contribution < 1.29 is 9.90 Å². The molecule has 1 fully saturated rings. The zero-order chi connectivity index (χ0) is 16.1. The summed E-state index contributed by atoms with van der Waals surface area (Å²) in [6.07, 6.45) is 6.51. The van der Waals surface area contributed by atoms with Gasteiger partial charge in [0, 0.05) is 6.54 Å². The van der Waals surface area contributed by atoms with Gasteiger partial charge in [-0.3, -0.25) is 4.79 Å². The van der Waals surface area contributed by atoms with Crippen molar-refractivity contribution in [1.29, 1.82) is 0 Å². The number of carbonyl (C=O) groups excluding carboxylic acids is 1. The van der Waals surface area contributed by atoms with Crippen LogP contribution in [0.4, 0.5) is 0 Å². The summed E-state index contributed by atoms with van der Waals surface area (Å²) in [7, 11) is 0. The molecule has 1 aromatic heterocycles. The summed E-state index contributed by atoms with van der Waals surface area (Å²) in [5.41, 5.74) is 0.771. The van der Waals surface area contributed by atoms with E-state index in [4.69, 9.17) is 0 Å². The van der Waals surface area contributed by atoms with E-state index in [1.165, 1.54) is 12.4 Å². The molecule has 1 saturated carbocycles. The zero-order valence-electron chi connectivity index (χ0n) is 13.1. The molecule has 0 bridgehead atoms. The van der Waals surface area contributed by atoms with Crippen molar-refractivity contribution in [2.75, 3.05) is 6.54 Å². The van der Waals surface area contributed by atoms with Gasteiger partial charge in [0.15, 0.2) is 0 Å². The van der Waals surface area contributed by atoms with Crippen LogP contribution in [-0.2, 0) is 6.54 Å². The summed E-state index contributed by atoms with van der Waals surface area (Å²) in [6.45, 7) is 0.827. The first-order chi connectivity index (χ1) is 11.2. The number of nitrogens with zero attached hydrogens (tertiary/aromatic N) is 3. The van der Waals surface area contributed by atoms with Crippen LogP contribution in [0, 0.1) is 0 Å². The lowest BCUT2D eigenvalue weighted by Gasteiger charge is -2.31. The number of amides is 1. The molecule has 1 heterocycles. The number of carbonyl (C=O) groups is 1. The maximum absolute atomic E-state index is 12.8. The lowest BCUT2D eigenvalue weighted by atomic mass is 10.0. The molecule has 1 aromatic carbocycles. The zero-order valence-corrected chi connectivity index (χ0v) is 13.1. The second kappa shape index (κ2) is 6.87. The maximum Gasteiger partial charge on any atom is 0.255 e. The third kappa shape index (κ3) is 3.93. The highest BCUT2D eigenvalue weighted by Crippen LogP contribution is 2.31. The molecule has 5 nitrogen and oxygen atoms in total. The van der Waals surface area contributed by atoms with E-state index < -0.39 is 5.60 Å². The molecule has 0 saturated heterocycles. The fourth-order valence-corrected chi connectivity index (χ4v) is 3.15. The van der Waals surface area contributed by atoms with Gasteiger partial charge in [0.1, 0.15) is 0 Å². The van der Waals surface area contributed by atoms with Crippen molar-refractivity contribution in [3.63, 3.8) is 0 Å². The lowest BCUT2D eigenvalue weighted by Crippen LogP contribution is -2.43. The summed E-state index contributed by atoms with van der Waals surface area (Å²) in [4.78, 5) is 14.5. The molecule has 0 aliphatic heterocycles. The van der Waals surface area contributed by atoms with Crippen molar-refractivity contribution in [3.8, 4) is 0 Å². The Morgan fingerprint density at radius 3 is 2.52 bits per heavy atom. The molecule has 1 N–H and O–H groups in total. The molecule has 23 heavy (non-hydrogen) atoms. The Balaban J connectivity index is 1.82. The summed E-state index contributed by atoms with van der Waals surface area (Å²) in [5.74, 6) is -0.121. The molecule has 3 rings (SSSR count). The number of hydrogen-bond donors (Lipinski definition) is 1. The van der Waals surface area contributed by atoms with Gasteiger partial charge in [0.2, 0.25) is 0 Å². The smallest absolute Gasteiger partial charge is 0.255 e. The Morgan fingerprint density at radius 1 is 1.13 bits per heavy atom. The third-order valence-electron chi connectivity index (χ3n) is 4.35. The molecular formula is C18H21N3O2. The fraction of sp³-hybridized carbons (Fsp3) is 0.389. The van der Waals surface area contributed by atoms with Gasteiger partial charge in [-0.25, -0.2) is 0 Å². The molecule has 120 valence electrons. The number of aromatic nitrogens is 2. The van der Waals surface area contributed by atoms with E-state index in [2.05, 4.69) is 10.2 Å². The van der Waals surface area contributed by atoms with Crippen molar-refractivity contribution in [1.82, 2.24) is 15.1 Å². The summed E-state index contributed by atoms with van der Waals surface area (Å²) in [6, 6.07) is 11.5. The minimum Gasteiger partial charge on any atom is -0.388 e. The molecule has 0 radical (unpaired) electrons. The molecule has 1 amide bonds. The van der Waals surface area contributed by atoms with Crippen LogP contribution < -0.4 is 0 Å². The van der Waals surface area contributed by atoms with Crippen molar-refractivity contribution >= 4 is 5.91 Å². The van der Waals surface area contributed by atoms with Gasteiger partial charge in [-0.1, -0.05) is 43.2 Å². The molecule has 1 aliphatic carbocycles. The Hall–Kier alpha value is -2.27. The number of benzene rings is 1. The first-order valence-corrected chi connectivity index (χ1v) is 7.99. The van der Waals surface area contributed by atoms with Crippen LogP contribution in [-0.4, -0.2) is 38.3 Å². The van der Waals surface area contributed by atoms with Crippen LogP contribution in [0.3, 0.4) is 0 Å². The number of aliphatic hydroxyl groups is 1. The first kappa shape index (κ1) is 15.6. The molecule has 5 heteroatoms. The van der Waals surface area contributed by atoms with Gasteiger partial charge < -0.3 is 10.0 Å². The highest BCUT2D eigenvalue weighted by Gasteiger charge is 2.34. The van der Waals surface area contributed by atoms with Crippen LogP contribution in [0.2, 0.25) is 0 Å². The van der Waals surface area contributed by atoms with Crippen LogP contribution in [0.25, 0.3) is 0 Å². The van der Waals surface area contributed by atoms with Crippen LogP contribution in [0.1, 0.15) is 41.6 Å². The summed E-state index contributed by atoms with van der Waals surface area (Å²) < 4.78 is 0. The third-order valence-corrected chi connectivity index (χ3v) is 4.35. The molecular weight excluding hydrogens is 290 g/mol. The standard InChI is InChI=1S/C18H21N3O2/c22-17(16-8-11-19-20-12-16)21(13-15-6-2-1-3-7-15)14-18(23)9-4-5-10-18/h1-3,6-8,11-12,23H,4-5,9-10,13-14H2. The van der Waals surface area contributed by atoms with E-state index in [9.17, 15) is 9.90 Å². The van der Waals surface area contributed by atoms with Crippen LogP contribution >= 0.6 is 0 Å². The van der Waals surface area contributed by atoms with Gasteiger partial charge in [0.05, 0.1) is 30.1 Å². The largest absolute Gasteiger partial charge is 0.388 e. The Bertz CT molecular complexity index is 640. The van der Waals surface area contributed by atoms with Crippen molar-refractivity contribution in [2.45, 2.75) is 37.8 Å². The minimum atomic E-state index is -0.773. The van der Waals surface area contributed by atoms with Gasteiger partial charge in [-0.05, 0) is 24.5 Å². The van der Waals surface area contributed by atoms with Gasteiger partial charge in [-0.2, -0.15) is 10.2 Å². The second-order valence-electron chi connectivity index (χ2n) is 6.21. The minimum absolute atomic E-state index is 0.121. The Labute approximate surface area is 136 Å². The predicted octanol–water partition coefficient (Wildman–Crippen LogP) is 2.42.